The number of benzene rings is 1. The second-order valence-electron chi connectivity index (χ2n) is 3.21. The number of hydrogen-bond acceptors (Lipinski definition) is 4. The maximum Gasteiger partial charge on any atom is 0.205 e. The highest BCUT2D eigenvalue weighted by atomic mass is 16.1. The molecule has 0 unspecified atom stereocenters. The average Bonchev–Trinajstić information content (AvgIpc) is 2.33. The second-order valence-corrected chi connectivity index (χ2v) is 3.21. The SMILES string of the molecule is N#Cc1c(C#N)c(=O)c2ccc(cc2)c1=O. The first-order valence-corrected chi connectivity index (χ1v) is 4.43. The predicted octanol–water partition coefficient (Wildman–Crippen LogP) is 0.741. The monoisotopic (exact) mass is 208 g/mol. The fraction of sp³-hybridized carbons (Fsp3) is 0. The van der Waals surface area contributed by atoms with E-state index in [4.69, 9.17) is 10.5 Å². The highest BCUT2D eigenvalue weighted by molar-refractivity contribution is 5.69. The molecule has 0 heterocycles. The van der Waals surface area contributed by atoms with Crippen LogP contribution in [0.5, 0.6) is 0 Å². The molecule has 0 saturated carbocycles. The summed E-state index contributed by atoms with van der Waals surface area (Å²) in [7, 11) is 0. The third-order valence-corrected chi connectivity index (χ3v) is 2.34. The fourth-order valence-electron chi connectivity index (χ4n) is 1.50. The summed E-state index contributed by atoms with van der Waals surface area (Å²) in [4.78, 5) is 23.5. The van der Waals surface area contributed by atoms with E-state index in [0.717, 1.165) is 0 Å². The Kier molecular flexibility index (Phi) is 2.12. The molecule has 74 valence electrons. The summed E-state index contributed by atoms with van der Waals surface area (Å²) in [6.45, 7) is 0. The Morgan fingerprint density at radius 1 is 0.750 bits per heavy atom. The minimum absolute atomic E-state index is 0.306. The molecule has 0 aromatic heterocycles. The van der Waals surface area contributed by atoms with Gasteiger partial charge in [0.25, 0.3) is 0 Å². The fourth-order valence-corrected chi connectivity index (χ4v) is 1.50. The Morgan fingerprint density at radius 2 is 1.06 bits per heavy atom. The molecule has 3 aromatic rings. The first-order chi connectivity index (χ1) is 7.69. The Bertz CT molecular complexity index is 680. The van der Waals surface area contributed by atoms with Gasteiger partial charge in [-0.1, -0.05) is 24.3 Å². The molecule has 0 aliphatic heterocycles. The summed E-state index contributed by atoms with van der Waals surface area (Å²) in [5.41, 5.74) is -1.93. The zero-order valence-electron chi connectivity index (χ0n) is 8.02. The van der Waals surface area contributed by atoms with Gasteiger partial charge in [-0.15, -0.1) is 0 Å². The summed E-state index contributed by atoms with van der Waals surface area (Å²) in [5, 5.41) is 18.3. The van der Waals surface area contributed by atoms with Crippen molar-refractivity contribution >= 4 is 10.8 Å². The standard InChI is InChI=1S/C12H4N2O2/c13-5-9-10(6-14)12(16)8-2-1-7(3-4-8)11(9)15/h1-4H. The molecule has 0 aliphatic carbocycles. The number of nitrogens with zero attached hydrogens (tertiary/aromatic N) is 2. The van der Waals surface area contributed by atoms with Gasteiger partial charge in [0.1, 0.15) is 23.3 Å². The molecule has 0 saturated heterocycles. The van der Waals surface area contributed by atoms with Gasteiger partial charge in [-0.25, -0.2) is 0 Å². The first-order valence-electron chi connectivity index (χ1n) is 4.43. The Morgan fingerprint density at radius 3 is 1.31 bits per heavy atom. The van der Waals surface area contributed by atoms with Gasteiger partial charge in [0, 0.05) is 10.8 Å². The van der Waals surface area contributed by atoms with E-state index in [0.29, 0.717) is 10.8 Å². The molecule has 0 amide bonds. The highest BCUT2D eigenvalue weighted by Crippen LogP contribution is 2.05. The van der Waals surface area contributed by atoms with Crippen LogP contribution in [0.15, 0.2) is 33.9 Å². The van der Waals surface area contributed by atoms with E-state index in [1.165, 1.54) is 24.3 Å². The van der Waals surface area contributed by atoms with Crippen molar-refractivity contribution in [2.24, 2.45) is 0 Å². The lowest BCUT2D eigenvalue weighted by molar-refractivity contribution is 1.40. The minimum atomic E-state index is -0.585. The summed E-state index contributed by atoms with van der Waals surface area (Å²) >= 11 is 0. The van der Waals surface area contributed by atoms with Crippen LogP contribution in [-0.4, -0.2) is 0 Å². The van der Waals surface area contributed by atoms with Crippen LogP contribution in [0.4, 0.5) is 0 Å². The zero-order chi connectivity index (χ0) is 11.7. The van der Waals surface area contributed by atoms with Gasteiger partial charge >= 0.3 is 0 Å². The normalized spacial score (nSPS) is 9.62. The molecule has 0 fully saturated rings. The van der Waals surface area contributed by atoms with Crippen LogP contribution in [-0.2, 0) is 0 Å². The summed E-state index contributed by atoms with van der Waals surface area (Å²) in [5.74, 6) is 0. The number of nitriles is 2. The zero-order valence-corrected chi connectivity index (χ0v) is 8.02. The number of hydrogen-bond donors (Lipinski definition) is 0. The summed E-state index contributed by atoms with van der Waals surface area (Å²) in [6.07, 6.45) is 0. The molecule has 0 spiro atoms. The van der Waals surface area contributed by atoms with Crippen LogP contribution in [0.1, 0.15) is 11.1 Å². The van der Waals surface area contributed by atoms with Gasteiger partial charge in [-0.05, 0) is 0 Å². The van der Waals surface area contributed by atoms with E-state index in [1.54, 1.807) is 12.1 Å². The Hall–Kier alpha value is -2.72. The topological polar surface area (TPSA) is 81.7 Å². The van der Waals surface area contributed by atoms with E-state index in [1.807, 2.05) is 0 Å². The summed E-state index contributed by atoms with van der Waals surface area (Å²) in [6, 6.07) is 9.14. The maximum absolute atomic E-state index is 11.8. The van der Waals surface area contributed by atoms with Crippen LogP contribution in [0.2, 0.25) is 0 Å². The third-order valence-electron chi connectivity index (χ3n) is 2.34. The van der Waals surface area contributed by atoms with Crippen molar-refractivity contribution in [3.05, 3.63) is 55.8 Å². The van der Waals surface area contributed by atoms with Gasteiger partial charge in [0.15, 0.2) is 0 Å². The van der Waals surface area contributed by atoms with E-state index in [9.17, 15) is 9.59 Å². The van der Waals surface area contributed by atoms with Gasteiger partial charge in [-0.3, -0.25) is 9.59 Å². The highest BCUT2D eigenvalue weighted by Gasteiger charge is 2.11. The van der Waals surface area contributed by atoms with Crippen LogP contribution in [0.3, 0.4) is 0 Å². The molecule has 2 bridgehead atoms. The van der Waals surface area contributed by atoms with E-state index >= 15 is 0 Å². The molecule has 0 aliphatic rings. The van der Waals surface area contributed by atoms with E-state index < -0.39 is 10.9 Å². The van der Waals surface area contributed by atoms with Crippen LogP contribution in [0, 0.1) is 22.7 Å². The van der Waals surface area contributed by atoms with Crippen LogP contribution >= 0.6 is 0 Å². The lowest BCUT2D eigenvalue weighted by Crippen LogP contribution is -2.15. The number of fused-ring (bicyclic) bond motifs is 5. The van der Waals surface area contributed by atoms with Crippen molar-refractivity contribution in [3.63, 3.8) is 0 Å². The molecular weight excluding hydrogens is 204 g/mol. The van der Waals surface area contributed by atoms with Gasteiger partial charge in [0.05, 0.1) is 0 Å². The Labute approximate surface area is 90.0 Å². The van der Waals surface area contributed by atoms with Crippen LogP contribution < -0.4 is 10.9 Å². The third kappa shape index (κ3) is 1.22. The molecule has 3 aromatic carbocycles. The lowest BCUT2D eigenvalue weighted by Gasteiger charge is -1.94. The quantitative estimate of drug-likeness (QED) is 0.639. The molecule has 16 heavy (non-hydrogen) atoms. The number of rotatable bonds is 0. The van der Waals surface area contributed by atoms with Crippen molar-refractivity contribution in [1.29, 1.82) is 10.5 Å². The van der Waals surface area contributed by atoms with E-state index in [2.05, 4.69) is 0 Å². The van der Waals surface area contributed by atoms with Gasteiger partial charge < -0.3 is 0 Å². The predicted molar refractivity (Wildman–Crippen MR) is 57.1 cm³/mol. The van der Waals surface area contributed by atoms with Crippen molar-refractivity contribution < 1.29 is 0 Å². The van der Waals surface area contributed by atoms with Gasteiger partial charge in [-0.2, -0.15) is 10.5 Å². The second kappa shape index (κ2) is 3.45. The molecule has 3 rings (SSSR count). The summed E-state index contributed by atoms with van der Waals surface area (Å²) < 4.78 is 0. The van der Waals surface area contributed by atoms with Crippen molar-refractivity contribution in [2.45, 2.75) is 0 Å². The largest absolute Gasteiger partial charge is 0.288 e. The average molecular weight is 208 g/mol. The molecule has 0 N–H and O–H groups in total. The van der Waals surface area contributed by atoms with Crippen molar-refractivity contribution in [3.8, 4) is 12.1 Å². The van der Waals surface area contributed by atoms with E-state index in [-0.39, 0.29) is 11.1 Å². The molecule has 0 atom stereocenters. The Balaban J connectivity index is 3.27. The van der Waals surface area contributed by atoms with Crippen molar-refractivity contribution in [2.75, 3.05) is 0 Å². The molecule has 0 radical (unpaired) electrons. The van der Waals surface area contributed by atoms with Crippen molar-refractivity contribution in [1.82, 2.24) is 0 Å². The minimum Gasteiger partial charge on any atom is -0.288 e. The first kappa shape index (κ1) is 9.82. The smallest absolute Gasteiger partial charge is 0.205 e. The lowest BCUT2D eigenvalue weighted by atomic mass is 10.0. The van der Waals surface area contributed by atoms with Gasteiger partial charge in [0.2, 0.25) is 10.9 Å². The molecule has 4 nitrogen and oxygen atoms in total. The molecule has 4 heteroatoms. The van der Waals surface area contributed by atoms with Crippen LogP contribution in [0.25, 0.3) is 10.8 Å². The maximum atomic E-state index is 11.8. The molecular formula is C12H4N2O2.